The largest absolute Gasteiger partial charge is 0.369 e. The lowest BCUT2D eigenvalue weighted by molar-refractivity contribution is -0.0393. The molecule has 3 rings (SSSR count). The molecule has 0 aliphatic carbocycles. The number of hydrogen-bond donors (Lipinski definition) is 1. The van der Waals surface area contributed by atoms with Crippen molar-refractivity contribution in [2.24, 2.45) is 0 Å². The fourth-order valence-corrected chi connectivity index (χ4v) is 3.23. The van der Waals surface area contributed by atoms with Gasteiger partial charge in [-0.05, 0) is 50.2 Å². The highest BCUT2D eigenvalue weighted by Gasteiger charge is 2.16. The second-order valence-corrected chi connectivity index (χ2v) is 6.63. The number of nitrogens with zero attached hydrogens (tertiary/aromatic N) is 4. The summed E-state index contributed by atoms with van der Waals surface area (Å²) < 4.78 is 7.63. The molecule has 2 aromatic heterocycles. The first-order valence-corrected chi connectivity index (χ1v) is 8.98. The van der Waals surface area contributed by atoms with Crippen LogP contribution in [0, 0.1) is 6.92 Å². The maximum atomic E-state index is 6.10. The molecule has 1 saturated heterocycles. The van der Waals surface area contributed by atoms with E-state index in [1.165, 1.54) is 6.42 Å². The van der Waals surface area contributed by atoms with Gasteiger partial charge in [-0.15, -0.1) is 10.2 Å². The molecule has 3 heterocycles. The van der Waals surface area contributed by atoms with Crippen molar-refractivity contribution in [2.45, 2.75) is 45.3 Å². The molecule has 130 valence electrons. The van der Waals surface area contributed by atoms with Gasteiger partial charge in [0.05, 0.1) is 0 Å². The fraction of sp³-hybridized carbons (Fsp3) is 0.562. The molecule has 0 bridgehead atoms. The molecule has 1 atom stereocenters. The van der Waals surface area contributed by atoms with Crippen molar-refractivity contribution in [3.05, 3.63) is 33.7 Å². The molecule has 1 fully saturated rings. The monoisotopic (exact) mass is 369 g/mol. The van der Waals surface area contributed by atoms with Gasteiger partial charge in [0.1, 0.15) is 12.0 Å². The summed E-state index contributed by atoms with van der Waals surface area (Å²) in [6.07, 6.45) is 7.07. The van der Waals surface area contributed by atoms with Gasteiger partial charge in [0, 0.05) is 25.4 Å². The zero-order chi connectivity index (χ0) is 16.9. The number of anilines is 1. The van der Waals surface area contributed by atoms with E-state index in [0.717, 1.165) is 55.8 Å². The number of aromatic nitrogens is 4. The molecule has 1 unspecified atom stereocenters. The summed E-state index contributed by atoms with van der Waals surface area (Å²) in [6.45, 7) is 3.52. The first-order valence-electron chi connectivity index (χ1n) is 8.23. The van der Waals surface area contributed by atoms with Crippen molar-refractivity contribution in [3.8, 4) is 0 Å². The van der Waals surface area contributed by atoms with E-state index < -0.39 is 0 Å². The summed E-state index contributed by atoms with van der Waals surface area (Å²) in [4.78, 5) is 0. The van der Waals surface area contributed by atoms with Gasteiger partial charge in [0.25, 0.3) is 0 Å². The van der Waals surface area contributed by atoms with E-state index in [1.807, 2.05) is 23.9 Å². The molecular weight excluding hydrogens is 349 g/mol. The lowest BCUT2D eigenvalue weighted by Gasteiger charge is -2.22. The third kappa shape index (κ3) is 4.18. The normalized spacial score (nSPS) is 17.9. The maximum Gasteiger partial charge on any atom is 0.155 e. The molecule has 0 saturated carbocycles. The lowest BCUT2D eigenvalue weighted by Crippen LogP contribution is -2.18. The Labute approximate surface area is 151 Å². The molecule has 0 radical (unpaired) electrons. The van der Waals surface area contributed by atoms with Gasteiger partial charge in [-0.25, -0.2) is 4.68 Å². The van der Waals surface area contributed by atoms with E-state index in [-0.39, 0.29) is 6.23 Å². The summed E-state index contributed by atoms with van der Waals surface area (Å²) in [5.41, 5.74) is 1.86. The van der Waals surface area contributed by atoms with Gasteiger partial charge in [0.2, 0.25) is 0 Å². The fourth-order valence-electron chi connectivity index (χ4n) is 2.80. The standard InChI is InChI=1S/C16H21Cl2N5O/c1-11-12(16(18)21-20-15(11)17)5-4-8-19-13-7-9-23(22-13)14-6-2-3-10-24-14/h7,9,14H,2-6,8,10H2,1H3,(H,19,22). The van der Waals surface area contributed by atoms with Gasteiger partial charge in [-0.3, -0.25) is 0 Å². The molecule has 2 aromatic rings. The summed E-state index contributed by atoms with van der Waals surface area (Å²) in [7, 11) is 0. The highest BCUT2D eigenvalue weighted by Crippen LogP contribution is 2.24. The van der Waals surface area contributed by atoms with Crippen LogP contribution in [-0.4, -0.2) is 33.1 Å². The van der Waals surface area contributed by atoms with Crippen LogP contribution in [0.1, 0.15) is 43.0 Å². The van der Waals surface area contributed by atoms with Gasteiger partial charge in [0.15, 0.2) is 10.3 Å². The smallest absolute Gasteiger partial charge is 0.155 e. The Morgan fingerprint density at radius 2 is 2.12 bits per heavy atom. The van der Waals surface area contributed by atoms with Crippen molar-refractivity contribution in [1.82, 2.24) is 20.0 Å². The molecule has 1 N–H and O–H groups in total. The van der Waals surface area contributed by atoms with Crippen LogP contribution in [-0.2, 0) is 11.2 Å². The summed E-state index contributed by atoms with van der Waals surface area (Å²) >= 11 is 12.1. The number of nitrogens with one attached hydrogen (secondary N) is 1. The van der Waals surface area contributed by atoms with Crippen molar-refractivity contribution in [1.29, 1.82) is 0 Å². The minimum Gasteiger partial charge on any atom is -0.369 e. The SMILES string of the molecule is Cc1c(Cl)nnc(Cl)c1CCCNc1ccn(C2CCCCO2)n1. The van der Waals surface area contributed by atoms with E-state index in [4.69, 9.17) is 27.9 Å². The first-order chi connectivity index (χ1) is 11.6. The van der Waals surface area contributed by atoms with E-state index >= 15 is 0 Å². The Kier molecular flexibility index (Phi) is 5.92. The van der Waals surface area contributed by atoms with Crippen molar-refractivity contribution >= 4 is 29.0 Å². The van der Waals surface area contributed by atoms with Crippen LogP contribution in [0.25, 0.3) is 0 Å². The highest BCUT2D eigenvalue weighted by atomic mass is 35.5. The third-order valence-corrected chi connectivity index (χ3v) is 4.87. The molecule has 0 spiro atoms. The zero-order valence-corrected chi connectivity index (χ0v) is 15.1. The van der Waals surface area contributed by atoms with E-state index in [0.29, 0.717) is 10.3 Å². The minimum atomic E-state index is 0.0702. The van der Waals surface area contributed by atoms with Gasteiger partial charge in [-0.2, -0.15) is 5.10 Å². The Morgan fingerprint density at radius 1 is 1.29 bits per heavy atom. The van der Waals surface area contributed by atoms with Crippen molar-refractivity contribution in [2.75, 3.05) is 18.5 Å². The Morgan fingerprint density at radius 3 is 2.92 bits per heavy atom. The number of halogens is 2. The highest BCUT2D eigenvalue weighted by molar-refractivity contribution is 6.32. The lowest BCUT2D eigenvalue weighted by atomic mass is 10.1. The maximum absolute atomic E-state index is 6.10. The van der Waals surface area contributed by atoms with Crippen molar-refractivity contribution < 1.29 is 4.74 Å². The summed E-state index contributed by atoms with van der Waals surface area (Å²) in [6, 6.07) is 1.97. The second-order valence-electron chi connectivity index (χ2n) is 5.92. The van der Waals surface area contributed by atoms with Crippen molar-refractivity contribution in [3.63, 3.8) is 0 Å². The van der Waals surface area contributed by atoms with Crippen LogP contribution in [0.4, 0.5) is 5.82 Å². The van der Waals surface area contributed by atoms with Crippen LogP contribution in [0.3, 0.4) is 0 Å². The van der Waals surface area contributed by atoms with E-state index in [9.17, 15) is 0 Å². The molecule has 8 heteroatoms. The molecule has 1 aliphatic rings. The van der Waals surface area contributed by atoms with Crippen LogP contribution in [0.5, 0.6) is 0 Å². The van der Waals surface area contributed by atoms with Crippen LogP contribution in [0.2, 0.25) is 10.3 Å². The summed E-state index contributed by atoms with van der Waals surface area (Å²) in [5.74, 6) is 0.859. The number of hydrogen-bond acceptors (Lipinski definition) is 5. The Balaban J connectivity index is 1.49. The number of ether oxygens (including phenoxy) is 1. The van der Waals surface area contributed by atoms with Crippen LogP contribution < -0.4 is 5.32 Å². The first kappa shape index (κ1) is 17.5. The van der Waals surface area contributed by atoms with Gasteiger partial charge >= 0.3 is 0 Å². The van der Waals surface area contributed by atoms with Gasteiger partial charge in [-0.1, -0.05) is 23.2 Å². The van der Waals surface area contributed by atoms with Gasteiger partial charge < -0.3 is 10.1 Å². The molecule has 24 heavy (non-hydrogen) atoms. The quantitative estimate of drug-likeness (QED) is 0.778. The topological polar surface area (TPSA) is 64.9 Å². The molecule has 6 nitrogen and oxygen atoms in total. The Bertz CT molecular complexity index is 685. The molecule has 0 aromatic carbocycles. The predicted molar refractivity (Wildman–Crippen MR) is 94.7 cm³/mol. The van der Waals surface area contributed by atoms with Crippen LogP contribution >= 0.6 is 23.2 Å². The zero-order valence-electron chi connectivity index (χ0n) is 13.6. The van der Waals surface area contributed by atoms with Crippen LogP contribution in [0.15, 0.2) is 12.3 Å². The third-order valence-electron chi connectivity index (χ3n) is 4.21. The Hall–Kier alpha value is -1.37. The molecular formula is C16H21Cl2N5O. The number of rotatable bonds is 6. The molecule has 1 aliphatic heterocycles. The predicted octanol–water partition coefficient (Wildman–Crippen LogP) is 4.03. The average molecular weight is 370 g/mol. The van der Waals surface area contributed by atoms with E-state index in [1.54, 1.807) is 0 Å². The second kappa shape index (κ2) is 8.14. The summed E-state index contributed by atoms with van der Waals surface area (Å²) in [5, 5.41) is 16.4. The minimum absolute atomic E-state index is 0.0702. The average Bonchev–Trinajstić information content (AvgIpc) is 3.07. The molecule has 0 amide bonds. The van der Waals surface area contributed by atoms with E-state index in [2.05, 4.69) is 20.6 Å².